The number of amides is 2. The van der Waals surface area contributed by atoms with Gasteiger partial charge >= 0.3 is 0 Å². The van der Waals surface area contributed by atoms with Gasteiger partial charge in [-0.2, -0.15) is 0 Å². The third-order valence-electron chi connectivity index (χ3n) is 5.67. The average Bonchev–Trinajstić information content (AvgIpc) is 2.88. The quantitative estimate of drug-likeness (QED) is 0.576. The van der Waals surface area contributed by atoms with Crippen LogP contribution in [0.25, 0.3) is 0 Å². The lowest BCUT2D eigenvalue weighted by Crippen LogP contribution is -2.49. The van der Waals surface area contributed by atoms with E-state index in [4.69, 9.17) is 4.74 Å². The molecule has 4 rings (SSSR count). The first-order valence-electron chi connectivity index (χ1n) is 11.4. The predicted molar refractivity (Wildman–Crippen MR) is 131 cm³/mol. The normalized spacial score (nSPS) is 13.5. The van der Waals surface area contributed by atoms with Crippen molar-refractivity contribution in [1.82, 2.24) is 4.90 Å². The molecule has 1 aliphatic heterocycles. The zero-order valence-electron chi connectivity index (χ0n) is 18.9. The Balaban J connectivity index is 1.40. The lowest BCUT2D eigenvalue weighted by atomic mass is 10.1. The van der Waals surface area contributed by atoms with Gasteiger partial charge in [-0.15, -0.1) is 0 Å². The molecule has 0 saturated carbocycles. The zero-order chi connectivity index (χ0) is 23.0. The molecule has 0 unspecified atom stereocenters. The number of anilines is 2. The third kappa shape index (κ3) is 5.52. The van der Waals surface area contributed by atoms with E-state index < -0.39 is 0 Å². The number of carbonyl (C=O) groups is 2. The molecule has 0 radical (unpaired) electrons. The van der Waals surface area contributed by atoms with Crippen LogP contribution in [0.15, 0.2) is 78.9 Å². The van der Waals surface area contributed by atoms with Crippen molar-refractivity contribution in [3.8, 4) is 5.75 Å². The molecular weight excluding hydrogens is 414 g/mol. The van der Waals surface area contributed by atoms with Gasteiger partial charge in [-0.3, -0.25) is 9.59 Å². The lowest BCUT2D eigenvalue weighted by molar-refractivity contribution is 0.0746. The number of ether oxygens (including phenoxy) is 1. The molecule has 6 nitrogen and oxygen atoms in total. The number of para-hydroxylation sites is 2. The highest BCUT2D eigenvalue weighted by atomic mass is 16.5. The summed E-state index contributed by atoms with van der Waals surface area (Å²) in [5.41, 5.74) is 3.01. The number of piperazine rings is 1. The highest BCUT2D eigenvalue weighted by molar-refractivity contribution is 6.06. The summed E-state index contributed by atoms with van der Waals surface area (Å²) >= 11 is 0. The van der Waals surface area contributed by atoms with E-state index in [-0.39, 0.29) is 11.8 Å². The van der Waals surface area contributed by atoms with Gasteiger partial charge in [0.05, 0.1) is 18.0 Å². The molecule has 0 aromatic heterocycles. The van der Waals surface area contributed by atoms with E-state index in [0.29, 0.717) is 43.9 Å². The molecule has 3 aromatic carbocycles. The summed E-state index contributed by atoms with van der Waals surface area (Å²) in [4.78, 5) is 29.7. The minimum absolute atomic E-state index is 0.0585. The van der Waals surface area contributed by atoms with Crippen LogP contribution in [0.1, 0.15) is 34.1 Å². The van der Waals surface area contributed by atoms with Crippen molar-refractivity contribution in [3.63, 3.8) is 0 Å². The number of benzene rings is 3. The summed E-state index contributed by atoms with van der Waals surface area (Å²) in [6.07, 6.45) is 0.938. The van der Waals surface area contributed by atoms with Crippen molar-refractivity contribution >= 4 is 23.2 Å². The second-order valence-electron chi connectivity index (χ2n) is 7.99. The van der Waals surface area contributed by atoms with Crippen molar-refractivity contribution in [2.24, 2.45) is 0 Å². The molecule has 1 saturated heterocycles. The molecule has 1 heterocycles. The Morgan fingerprint density at radius 2 is 1.48 bits per heavy atom. The summed E-state index contributed by atoms with van der Waals surface area (Å²) in [6, 6.07) is 24.4. The maximum absolute atomic E-state index is 12.8. The zero-order valence-corrected chi connectivity index (χ0v) is 18.9. The molecule has 0 bridgehead atoms. The minimum Gasteiger partial charge on any atom is -0.494 e. The Morgan fingerprint density at radius 3 is 2.18 bits per heavy atom. The third-order valence-corrected chi connectivity index (χ3v) is 5.67. The monoisotopic (exact) mass is 443 g/mol. The first-order valence-corrected chi connectivity index (χ1v) is 11.4. The topological polar surface area (TPSA) is 61.9 Å². The van der Waals surface area contributed by atoms with Gasteiger partial charge in [-0.1, -0.05) is 37.3 Å². The van der Waals surface area contributed by atoms with Crippen molar-refractivity contribution in [2.75, 3.05) is 43.0 Å². The van der Waals surface area contributed by atoms with E-state index in [2.05, 4.69) is 17.1 Å². The lowest BCUT2D eigenvalue weighted by Gasteiger charge is -2.37. The average molecular weight is 444 g/mol. The van der Waals surface area contributed by atoms with Gasteiger partial charge in [0, 0.05) is 37.3 Å². The fourth-order valence-corrected chi connectivity index (χ4v) is 3.89. The summed E-state index contributed by atoms with van der Waals surface area (Å²) in [7, 11) is 0. The number of rotatable bonds is 7. The van der Waals surface area contributed by atoms with E-state index in [9.17, 15) is 9.59 Å². The van der Waals surface area contributed by atoms with Crippen LogP contribution in [-0.2, 0) is 0 Å². The minimum atomic E-state index is -0.164. The largest absolute Gasteiger partial charge is 0.494 e. The van der Waals surface area contributed by atoms with Crippen molar-refractivity contribution in [1.29, 1.82) is 0 Å². The Kier molecular flexibility index (Phi) is 7.25. The highest BCUT2D eigenvalue weighted by Gasteiger charge is 2.23. The van der Waals surface area contributed by atoms with E-state index in [1.807, 2.05) is 71.6 Å². The SMILES string of the molecule is CCCOc1ccc(C(=O)Nc2ccccc2N2CCN(C(=O)c3ccccc3)CC2)cc1. The smallest absolute Gasteiger partial charge is 0.255 e. The number of carbonyl (C=O) groups excluding carboxylic acids is 2. The summed E-state index contributed by atoms with van der Waals surface area (Å²) in [5, 5.41) is 3.04. The summed E-state index contributed by atoms with van der Waals surface area (Å²) in [5.74, 6) is 0.655. The molecule has 2 amide bonds. The van der Waals surface area contributed by atoms with Crippen LogP contribution in [0, 0.1) is 0 Å². The molecule has 170 valence electrons. The van der Waals surface area contributed by atoms with Gasteiger partial charge in [-0.05, 0) is 55.0 Å². The van der Waals surface area contributed by atoms with Gasteiger partial charge in [0.1, 0.15) is 5.75 Å². The molecule has 0 spiro atoms. The van der Waals surface area contributed by atoms with Crippen LogP contribution in [0.2, 0.25) is 0 Å². The summed E-state index contributed by atoms with van der Waals surface area (Å²) < 4.78 is 5.59. The number of nitrogens with one attached hydrogen (secondary N) is 1. The number of hydrogen-bond donors (Lipinski definition) is 1. The van der Waals surface area contributed by atoms with Crippen molar-refractivity contribution in [3.05, 3.63) is 90.0 Å². The van der Waals surface area contributed by atoms with Gasteiger partial charge < -0.3 is 19.9 Å². The molecule has 6 heteroatoms. The van der Waals surface area contributed by atoms with Crippen molar-refractivity contribution in [2.45, 2.75) is 13.3 Å². The van der Waals surface area contributed by atoms with Gasteiger partial charge in [0.25, 0.3) is 11.8 Å². The maximum atomic E-state index is 12.8. The molecule has 33 heavy (non-hydrogen) atoms. The second-order valence-corrected chi connectivity index (χ2v) is 7.99. The molecule has 0 atom stereocenters. The van der Waals surface area contributed by atoms with Crippen LogP contribution in [0.5, 0.6) is 5.75 Å². The highest BCUT2D eigenvalue weighted by Crippen LogP contribution is 2.27. The van der Waals surface area contributed by atoms with Crippen molar-refractivity contribution < 1.29 is 14.3 Å². The Morgan fingerprint density at radius 1 is 0.818 bits per heavy atom. The first kappa shape index (κ1) is 22.4. The fraction of sp³-hybridized carbons (Fsp3) is 0.259. The Bertz CT molecular complexity index is 1080. The molecule has 1 N–H and O–H groups in total. The van der Waals surface area contributed by atoms with Gasteiger partial charge in [0.15, 0.2) is 0 Å². The number of hydrogen-bond acceptors (Lipinski definition) is 4. The fourth-order valence-electron chi connectivity index (χ4n) is 3.89. The molecule has 1 aliphatic rings. The number of nitrogens with zero attached hydrogens (tertiary/aromatic N) is 2. The standard InChI is InChI=1S/C27H29N3O3/c1-2-20-33-23-14-12-21(13-15-23)26(31)28-24-10-6-7-11-25(24)29-16-18-30(19-17-29)27(32)22-8-4-3-5-9-22/h3-15H,2,16-20H2,1H3,(H,28,31). The van der Waals surface area contributed by atoms with E-state index in [1.54, 1.807) is 12.1 Å². The Labute approximate surface area is 194 Å². The summed E-state index contributed by atoms with van der Waals surface area (Å²) in [6.45, 7) is 5.39. The van der Waals surface area contributed by atoms with Crippen LogP contribution in [-0.4, -0.2) is 49.5 Å². The van der Waals surface area contributed by atoms with Crippen LogP contribution >= 0.6 is 0 Å². The first-order chi connectivity index (χ1) is 16.2. The molecular formula is C27H29N3O3. The molecule has 1 fully saturated rings. The Hall–Kier alpha value is -3.80. The van der Waals surface area contributed by atoms with Gasteiger partial charge in [-0.25, -0.2) is 0 Å². The van der Waals surface area contributed by atoms with E-state index in [1.165, 1.54) is 0 Å². The van der Waals surface area contributed by atoms with Crippen LogP contribution in [0.3, 0.4) is 0 Å². The van der Waals surface area contributed by atoms with Crippen LogP contribution in [0.4, 0.5) is 11.4 Å². The van der Waals surface area contributed by atoms with E-state index in [0.717, 1.165) is 23.5 Å². The maximum Gasteiger partial charge on any atom is 0.255 e. The second kappa shape index (κ2) is 10.7. The molecule has 0 aliphatic carbocycles. The van der Waals surface area contributed by atoms with Crippen LogP contribution < -0.4 is 15.0 Å². The predicted octanol–water partition coefficient (Wildman–Crippen LogP) is 4.69. The van der Waals surface area contributed by atoms with Gasteiger partial charge in [0.2, 0.25) is 0 Å². The van der Waals surface area contributed by atoms with E-state index >= 15 is 0 Å². The molecule has 3 aromatic rings.